The molecule has 19 heavy (non-hydrogen) atoms. The third kappa shape index (κ3) is 2.90. The number of anilines is 1. The van der Waals surface area contributed by atoms with Crippen LogP contribution in [0.2, 0.25) is 0 Å². The molecule has 0 heterocycles. The zero-order valence-electron chi connectivity index (χ0n) is 9.81. The Morgan fingerprint density at radius 3 is 2.42 bits per heavy atom. The molecule has 0 bridgehead atoms. The summed E-state index contributed by atoms with van der Waals surface area (Å²) in [7, 11) is -3.76. The lowest BCUT2D eigenvalue weighted by Crippen LogP contribution is -2.07. The fraction of sp³-hybridized carbons (Fsp3) is 0.0769. The SMILES string of the molecule is Nc1cccc(S(=O)(=O)Cc2cccc(F)c2F)c1. The summed E-state index contributed by atoms with van der Waals surface area (Å²) in [6.45, 7) is 0. The molecule has 0 saturated carbocycles. The number of rotatable bonds is 3. The number of hydrogen-bond donors (Lipinski definition) is 1. The second kappa shape index (κ2) is 4.97. The summed E-state index contributed by atoms with van der Waals surface area (Å²) in [6.07, 6.45) is 0. The molecule has 6 heteroatoms. The van der Waals surface area contributed by atoms with Crippen LogP contribution < -0.4 is 5.73 Å². The van der Waals surface area contributed by atoms with Crippen LogP contribution in [0.25, 0.3) is 0 Å². The lowest BCUT2D eigenvalue weighted by Gasteiger charge is -2.06. The van der Waals surface area contributed by atoms with Gasteiger partial charge in [0.1, 0.15) is 0 Å². The molecule has 100 valence electrons. The predicted octanol–water partition coefficient (Wildman–Crippen LogP) is 2.52. The van der Waals surface area contributed by atoms with Gasteiger partial charge in [-0.05, 0) is 24.3 Å². The van der Waals surface area contributed by atoms with Gasteiger partial charge in [0.2, 0.25) is 0 Å². The minimum atomic E-state index is -3.76. The van der Waals surface area contributed by atoms with Crippen LogP contribution in [-0.2, 0) is 15.6 Å². The van der Waals surface area contributed by atoms with Gasteiger partial charge < -0.3 is 5.73 Å². The average Bonchev–Trinajstić information content (AvgIpc) is 2.35. The van der Waals surface area contributed by atoms with Crippen molar-refractivity contribution in [2.75, 3.05) is 5.73 Å². The number of benzene rings is 2. The molecule has 3 nitrogen and oxygen atoms in total. The minimum absolute atomic E-state index is 0.0174. The molecule has 2 N–H and O–H groups in total. The van der Waals surface area contributed by atoms with Gasteiger partial charge in [-0.2, -0.15) is 0 Å². The summed E-state index contributed by atoms with van der Waals surface area (Å²) in [6, 6.07) is 9.12. The monoisotopic (exact) mass is 283 g/mol. The third-order valence-electron chi connectivity index (χ3n) is 2.59. The summed E-state index contributed by atoms with van der Waals surface area (Å²) < 4.78 is 50.6. The first-order chi connectivity index (χ1) is 8.90. The van der Waals surface area contributed by atoms with Crippen molar-refractivity contribution in [3.63, 3.8) is 0 Å². The lowest BCUT2D eigenvalue weighted by molar-refractivity contribution is 0.501. The first kappa shape index (κ1) is 13.5. The highest BCUT2D eigenvalue weighted by atomic mass is 32.2. The molecule has 2 aromatic rings. The van der Waals surface area contributed by atoms with Gasteiger partial charge in [-0.3, -0.25) is 0 Å². The van der Waals surface area contributed by atoms with Crippen LogP contribution in [0.15, 0.2) is 47.4 Å². The molecule has 0 atom stereocenters. The molecule has 2 rings (SSSR count). The molecule has 0 unspecified atom stereocenters. The summed E-state index contributed by atoms with van der Waals surface area (Å²) in [5.41, 5.74) is 5.59. The number of nitrogens with two attached hydrogens (primary N) is 1. The fourth-order valence-corrected chi connectivity index (χ4v) is 3.06. The van der Waals surface area contributed by atoms with Gasteiger partial charge in [0.25, 0.3) is 0 Å². The van der Waals surface area contributed by atoms with Crippen molar-refractivity contribution in [1.82, 2.24) is 0 Å². The lowest BCUT2D eigenvalue weighted by atomic mass is 10.2. The maximum absolute atomic E-state index is 13.5. The van der Waals surface area contributed by atoms with E-state index in [0.29, 0.717) is 5.69 Å². The van der Waals surface area contributed by atoms with Crippen LogP contribution in [0.4, 0.5) is 14.5 Å². The van der Waals surface area contributed by atoms with Gasteiger partial charge in [-0.1, -0.05) is 18.2 Å². The molecule has 0 radical (unpaired) electrons. The number of nitrogen functional groups attached to an aromatic ring is 1. The van der Waals surface area contributed by atoms with Crippen molar-refractivity contribution < 1.29 is 17.2 Å². The van der Waals surface area contributed by atoms with E-state index in [4.69, 9.17) is 5.73 Å². The van der Waals surface area contributed by atoms with Gasteiger partial charge in [-0.25, -0.2) is 17.2 Å². The first-order valence-corrected chi connectivity index (χ1v) is 7.06. The van der Waals surface area contributed by atoms with E-state index >= 15 is 0 Å². The van der Waals surface area contributed by atoms with Crippen LogP contribution in [-0.4, -0.2) is 8.42 Å². The number of hydrogen-bond acceptors (Lipinski definition) is 3. The second-order valence-electron chi connectivity index (χ2n) is 4.04. The molecule has 0 saturated heterocycles. The van der Waals surface area contributed by atoms with E-state index < -0.39 is 27.2 Å². The maximum atomic E-state index is 13.5. The second-order valence-corrected chi connectivity index (χ2v) is 6.03. The van der Waals surface area contributed by atoms with Crippen molar-refractivity contribution in [1.29, 1.82) is 0 Å². The van der Waals surface area contributed by atoms with Gasteiger partial charge in [0.15, 0.2) is 21.5 Å². The highest BCUT2D eigenvalue weighted by Gasteiger charge is 2.19. The van der Waals surface area contributed by atoms with Crippen LogP contribution in [0, 0.1) is 11.6 Å². The summed E-state index contributed by atoms with van der Waals surface area (Å²) in [4.78, 5) is -0.0174. The fourth-order valence-electron chi connectivity index (χ4n) is 1.66. The zero-order chi connectivity index (χ0) is 14.0. The van der Waals surface area contributed by atoms with Crippen LogP contribution >= 0.6 is 0 Å². The summed E-state index contributed by atoms with van der Waals surface area (Å²) in [5, 5.41) is 0. The summed E-state index contributed by atoms with van der Waals surface area (Å²) in [5.74, 6) is -2.82. The largest absolute Gasteiger partial charge is 0.399 e. The van der Waals surface area contributed by atoms with Crippen LogP contribution in [0.3, 0.4) is 0 Å². The number of sulfone groups is 1. The Balaban J connectivity index is 2.39. The number of halogens is 2. The van der Waals surface area contributed by atoms with Crippen molar-refractivity contribution in [3.8, 4) is 0 Å². The van der Waals surface area contributed by atoms with E-state index in [1.54, 1.807) is 6.07 Å². The van der Waals surface area contributed by atoms with Gasteiger partial charge in [0, 0.05) is 11.3 Å². The first-order valence-electron chi connectivity index (χ1n) is 5.41. The van der Waals surface area contributed by atoms with Crippen molar-refractivity contribution in [2.24, 2.45) is 0 Å². The smallest absolute Gasteiger partial charge is 0.182 e. The quantitative estimate of drug-likeness (QED) is 0.880. The van der Waals surface area contributed by atoms with Crippen LogP contribution in [0.1, 0.15) is 5.56 Å². The van der Waals surface area contributed by atoms with E-state index in [1.807, 2.05) is 0 Å². The molecule has 0 amide bonds. The Kier molecular flexibility index (Phi) is 3.53. The Labute approximate surface area is 109 Å². The molecular weight excluding hydrogens is 272 g/mol. The molecule has 0 fully saturated rings. The Bertz CT molecular complexity index is 714. The Morgan fingerprint density at radius 1 is 1.05 bits per heavy atom. The van der Waals surface area contributed by atoms with E-state index in [2.05, 4.69) is 0 Å². The zero-order valence-corrected chi connectivity index (χ0v) is 10.6. The highest BCUT2D eigenvalue weighted by molar-refractivity contribution is 7.90. The Morgan fingerprint density at radius 2 is 1.74 bits per heavy atom. The summed E-state index contributed by atoms with van der Waals surface area (Å²) >= 11 is 0. The molecule has 0 aliphatic carbocycles. The van der Waals surface area contributed by atoms with E-state index in [1.165, 1.54) is 30.3 Å². The topological polar surface area (TPSA) is 60.2 Å². The molecular formula is C13H11F2NO2S. The third-order valence-corrected chi connectivity index (χ3v) is 4.26. The van der Waals surface area contributed by atoms with E-state index in [0.717, 1.165) is 6.07 Å². The standard InChI is InChI=1S/C13H11F2NO2S/c14-12-6-1-3-9(13(12)15)8-19(17,18)11-5-2-4-10(16)7-11/h1-7H,8,16H2. The average molecular weight is 283 g/mol. The predicted molar refractivity (Wildman–Crippen MR) is 68.1 cm³/mol. The Hall–Kier alpha value is -1.95. The van der Waals surface area contributed by atoms with Crippen LogP contribution in [0.5, 0.6) is 0 Å². The molecule has 0 aliphatic rings. The van der Waals surface area contributed by atoms with Gasteiger partial charge in [-0.15, -0.1) is 0 Å². The highest BCUT2D eigenvalue weighted by Crippen LogP contribution is 2.21. The van der Waals surface area contributed by atoms with E-state index in [9.17, 15) is 17.2 Å². The molecule has 0 aliphatic heterocycles. The van der Waals surface area contributed by atoms with Crippen molar-refractivity contribution >= 4 is 15.5 Å². The maximum Gasteiger partial charge on any atom is 0.182 e. The van der Waals surface area contributed by atoms with Crippen molar-refractivity contribution in [3.05, 3.63) is 59.7 Å². The molecule has 0 aromatic heterocycles. The van der Waals surface area contributed by atoms with Gasteiger partial charge in [0.05, 0.1) is 10.6 Å². The van der Waals surface area contributed by atoms with E-state index in [-0.39, 0.29) is 10.5 Å². The molecule has 0 spiro atoms. The van der Waals surface area contributed by atoms with Crippen molar-refractivity contribution in [2.45, 2.75) is 10.6 Å². The minimum Gasteiger partial charge on any atom is -0.399 e. The van der Waals surface area contributed by atoms with Gasteiger partial charge >= 0.3 is 0 Å². The molecule has 2 aromatic carbocycles. The normalized spacial score (nSPS) is 11.5.